The van der Waals surface area contributed by atoms with E-state index in [4.69, 9.17) is 4.74 Å². The van der Waals surface area contributed by atoms with Crippen LogP contribution in [0.4, 0.5) is 4.39 Å². The minimum absolute atomic E-state index is 0.274. The summed E-state index contributed by atoms with van der Waals surface area (Å²) in [4.78, 5) is 10.9. The number of rotatable bonds is 6. The molecule has 0 atom stereocenters. The molecule has 0 radical (unpaired) electrons. The van der Waals surface area contributed by atoms with Crippen molar-refractivity contribution in [3.05, 3.63) is 29.6 Å². The Morgan fingerprint density at radius 1 is 1.41 bits per heavy atom. The number of nitrogens with one attached hydrogen (secondary N) is 1. The van der Waals surface area contributed by atoms with E-state index in [1.54, 1.807) is 6.07 Å². The average molecular weight is 241 g/mol. The van der Waals surface area contributed by atoms with E-state index >= 15 is 0 Å². The maximum atomic E-state index is 13.0. The molecule has 0 aliphatic heterocycles. The summed E-state index contributed by atoms with van der Waals surface area (Å²) in [6.45, 7) is 0.921. The van der Waals surface area contributed by atoms with Crippen LogP contribution in [-0.2, 0) is 16.1 Å². The van der Waals surface area contributed by atoms with Crippen LogP contribution in [0.2, 0.25) is 0 Å². The first-order chi connectivity index (χ1) is 8.17. The third-order valence-electron chi connectivity index (χ3n) is 2.29. The molecule has 0 aromatic heterocycles. The summed E-state index contributed by atoms with van der Waals surface area (Å²) in [7, 11) is 2.88. The van der Waals surface area contributed by atoms with Gasteiger partial charge >= 0.3 is 5.97 Å². The van der Waals surface area contributed by atoms with Crippen molar-refractivity contribution < 1.29 is 18.7 Å². The molecule has 0 amide bonds. The number of carbonyl (C=O) groups excluding carboxylic acids is 1. The lowest BCUT2D eigenvalue weighted by molar-refractivity contribution is -0.140. The number of esters is 1. The predicted molar refractivity (Wildman–Crippen MR) is 61.3 cm³/mol. The fourth-order valence-electron chi connectivity index (χ4n) is 1.40. The van der Waals surface area contributed by atoms with Crippen molar-refractivity contribution >= 4 is 5.97 Å². The van der Waals surface area contributed by atoms with E-state index in [0.717, 1.165) is 5.56 Å². The van der Waals surface area contributed by atoms with E-state index < -0.39 is 0 Å². The van der Waals surface area contributed by atoms with Crippen molar-refractivity contribution in [1.29, 1.82) is 0 Å². The summed E-state index contributed by atoms with van der Waals surface area (Å²) in [6, 6.07) is 4.33. The molecule has 0 saturated carbocycles. The van der Waals surface area contributed by atoms with Crippen LogP contribution < -0.4 is 10.1 Å². The van der Waals surface area contributed by atoms with Crippen molar-refractivity contribution in [3.63, 3.8) is 0 Å². The molecule has 5 heteroatoms. The molecule has 0 spiro atoms. The van der Waals surface area contributed by atoms with Crippen molar-refractivity contribution in [2.75, 3.05) is 20.8 Å². The highest BCUT2D eigenvalue weighted by molar-refractivity contribution is 5.69. The van der Waals surface area contributed by atoms with Crippen LogP contribution in [-0.4, -0.2) is 26.7 Å². The lowest BCUT2D eigenvalue weighted by atomic mass is 10.2. The van der Waals surface area contributed by atoms with E-state index in [9.17, 15) is 9.18 Å². The van der Waals surface area contributed by atoms with Gasteiger partial charge in [0.25, 0.3) is 0 Å². The van der Waals surface area contributed by atoms with E-state index in [1.165, 1.54) is 26.4 Å². The highest BCUT2D eigenvalue weighted by atomic mass is 19.1. The summed E-state index contributed by atoms with van der Waals surface area (Å²) in [5.41, 5.74) is 0.720. The Morgan fingerprint density at radius 2 is 2.18 bits per heavy atom. The minimum Gasteiger partial charge on any atom is -0.496 e. The van der Waals surface area contributed by atoms with Crippen LogP contribution in [0.5, 0.6) is 5.75 Å². The number of carbonyl (C=O) groups is 1. The van der Waals surface area contributed by atoms with Crippen LogP contribution in [0, 0.1) is 5.82 Å². The second-order valence-electron chi connectivity index (χ2n) is 3.46. The normalized spacial score (nSPS) is 10.1. The fourth-order valence-corrected chi connectivity index (χ4v) is 1.40. The number of ether oxygens (including phenoxy) is 2. The second kappa shape index (κ2) is 6.85. The molecular formula is C12H16FNO3. The number of methoxy groups -OCH3 is 2. The van der Waals surface area contributed by atoms with Crippen molar-refractivity contribution in [2.24, 2.45) is 0 Å². The minimum atomic E-state index is -0.310. The fraction of sp³-hybridized carbons (Fsp3) is 0.417. The van der Waals surface area contributed by atoms with Gasteiger partial charge in [-0.05, 0) is 18.2 Å². The van der Waals surface area contributed by atoms with Crippen molar-refractivity contribution in [1.82, 2.24) is 5.32 Å². The topological polar surface area (TPSA) is 47.6 Å². The third kappa shape index (κ3) is 4.40. The largest absolute Gasteiger partial charge is 0.496 e. The standard InChI is InChI=1S/C12H16FNO3/c1-16-11-4-3-10(13)7-9(11)8-14-6-5-12(15)17-2/h3-4,7,14H,5-6,8H2,1-2H3. The van der Waals surface area contributed by atoms with Gasteiger partial charge in [-0.1, -0.05) is 0 Å². The summed E-state index contributed by atoms with van der Waals surface area (Å²) >= 11 is 0. The van der Waals surface area contributed by atoms with Gasteiger partial charge in [0.05, 0.1) is 20.6 Å². The zero-order valence-corrected chi connectivity index (χ0v) is 9.96. The van der Waals surface area contributed by atoms with Gasteiger partial charge in [0, 0.05) is 18.7 Å². The maximum Gasteiger partial charge on any atom is 0.306 e. The molecule has 0 aliphatic carbocycles. The number of hydrogen-bond acceptors (Lipinski definition) is 4. The average Bonchev–Trinajstić information content (AvgIpc) is 2.34. The smallest absolute Gasteiger partial charge is 0.306 e. The molecule has 1 N–H and O–H groups in total. The van der Waals surface area contributed by atoms with Gasteiger partial charge in [-0.3, -0.25) is 4.79 Å². The Morgan fingerprint density at radius 3 is 2.82 bits per heavy atom. The third-order valence-corrected chi connectivity index (χ3v) is 2.29. The van der Waals surface area contributed by atoms with Gasteiger partial charge in [-0.25, -0.2) is 4.39 Å². The molecule has 0 fully saturated rings. The Labute approximate surface area is 99.7 Å². The Hall–Kier alpha value is -1.62. The summed E-state index contributed by atoms with van der Waals surface area (Å²) < 4.78 is 22.6. The highest BCUT2D eigenvalue weighted by Crippen LogP contribution is 2.18. The lowest BCUT2D eigenvalue weighted by Gasteiger charge is -2.09. The number of halogens is 1. The van der Waals surface area contributed by atoms with Crippen molar-refractivity contribution in [2.45, 2.75) is 13.0 Å². The molecular weight excluding hydrogens is 225 g/mol. The molecule has 0 saturated heterocycles. The molecule has 0 heterocycles. The van der Waals surface area contributed by atoms with E-state index in [2.05, 4.69) is 10.1 Å². The number of benzene rings is 1. The monoisotopic (exact) mass is 241 g/mol. The molecule has 1 rings (SSSR count). The molecule has 0 bridgehead atoms. The molecule has 1 aromatic carbocycles. The zero-order chi connectivity index (χ0) is 12.7. The first-order valence-electron chi connectivity index (χ1n) is 5.27. The number of hydrogen-bond donors (Lipinski definition) is 1. The SMILES string of the molecule is COC(=O)CCNCc1cc(F)ccc1OC. The van der Waals surface area contributed by atoms with Crippen LogP contribution in [0.25, 0.3) is 0 Å². The van der Waals surface area contributed by atoms with Crippen LogP contribution in [0.15, 0.2) is 18.2 Å². The Bertz CT molecular complexity index is 382. The van der Waals surface area contributed by atoms with E-state index in [1.807, 2.05) is 0 Å². The van der Waals surface area contributed by atoms with Crippen LogP contribution in [0.1, 0.15) is 12.0 Å². The van der Waals surface area contributed by atoms with Gasteiger partial charge < -0.3 is 14.8 Å². The Balaban J connectivity index is 2.45. The van der Waals surface area contributed by atoms with Crippen LogP contribution in [0.3, 0.4) is 0 Å². The van der Waals surface area contributed by atoms with Crippen LogP contribution >= 0.6 is 0 Å². The van der Waals surface area contributed by atoms with Gasteiger partial charge in [0.2, 0.25) is 0 Å². The van der Waals surface area contributed by atoms with Gasteiger partial charge in [0.15, 0.2) is 0 Å². The molecule has 17 heavy (non-hydrogen) atoms. The van der Waals surface area contributed by atoms with Gasteiger partial charge in [0.1, 0.15) is 11.6 Å². The van der Waals surface area contributed by atoms with E-state index in [-0.39, 0.29) is 18.2 Å². The van der Waals surface area contributed by atoms with Crippen molar-refractivity contribution in [3.8, 4) is 5.75 Å². The lowest BCUT2D eigenvalue weighted by Crippen LogP contribution is -2.18. The first kappa shape index (κ1) is 13.4. The second-order valence-corrected chi connectivity index (χ2v) is 3.46. The zero-order valence-electron chi connectivity index (χ0n) is 9.96. The maximum absolute atomic E-state index is 13.0. The summed E-state index contributed by atoms with van der Waals surface area (Å²) in [5.74, 6) is 0.0382. The van der Waals surface area contributed by atoms with Gasteiger partial charge in [-0.2, -0.15) is 0 Å². The van der Waals surface area contributed by atoms with E-state index in [0.29, 0.717) is 18.8 Å². The predicted octanol–water partition coefficient (Wildman–Crippen LogP) is 1.49. The molecule has 1 aromatic rings. The molecule has 4 nitrogen and oxygen atoms in total. The summed E-state index contributed by atoms with van der Waals surface area (Å²) in [5, 5.41) is 3.02. The Kier molecular flexibility index (Phi) is 5.42. The first-order valence-corrected chi connectivity index (χ1v) is 5.27. The summed E-state index contributed by atoms with van der Waals surface area (Å²) in [6.07, 6.45) is 0.286. The molecule has 0 unspecified atom stereocenters. The highest BCUT2D eigenvalue weighted by Gasteiger charge is 2.05. The molecule has 94 valence electrons. The molecule has 0 aliphatic rings. The quantitative estimate of drug-likeness (QED) is 0.605. The van der Waals surface area contributed by atoms with Gasteiger partial charge in [-0.15, -0.1) is 0 Å².